The quantitative estimate of drug-likeness (QED) is 0.536. The smallest absolute Gasteiger partial charge is 0.269 e. The van der Waals surface area contributed by atoms with Crippen LogP contribution in [0.2, 0.25) is 0 Å². The summed E-state index contributed by atoms with van der Waals surface area (Å²) in [5.41, 5.74) is 4.60. The number of hydrogen-bond acceptors (Lipinski definition) is 5. The molecule has 3 aromatic rings. The van der Waals surface area contributed by atoms with Crippen LogP contribution in [0.15, 0.2) is 36.4 Å². The van der Waals surface area contributed by atoms with Gasteiger partial charge in [-0.1, -0.05) is 0 Å². The Kier molecular flexibility index (Phi) is 4.96. The van der Waals surface area contributed by atoms with Crippen LogP contribution in [0.1, 0.15) is 21.8 Å². The van der Waals surface area contributed by atoms with Gasteiger partial charge in [-0.3, -0.25) is 14.8 Å². The van der Waals surface area contributed by atoms with E-state index in [0.717, 1.165) is 29.2 Å². The van der Waals surface area contributed by atoms with Crippen LogP contribution in [0.3, 0.4) is 0 Å². The van der Waals surface area contributed by atoms with Crippen LogP contribution < -0.4 is 5.32 Å². The van der Waals surface area contributed by atoms with E-state index in [-0.39, 0.29) is 10.6 Å². The lowest BCUT2D eigenvalue weighted by molar-refractivity contribution is -0.384. The van der Waals surface area contributed by atoms with Gasteiger partial charge in [0.1, 0.15) is 0 Å². The van der Waals surface area contributed by atoms with Gasteiger partial charge in [0.25, 0.3) is 5.69 Å². The molecule has 6 nitrogen and oxygen atoms in total. The highest BCUT2D eigenvalue weighted by molar-refractivity contribution is 7.15. The van der Waals surface area contributed by atoms with Gasteiger partial charge in [-0.05, 0) is 43.7 Å². The molecule has 0 spiro atoms. The van der Waals surface area contributed by atoms with Gasteiger partial charge in [-0.2, -0.15) is 5.10 Å². The first-order valence-electron chi connectivity index (χ1n) is 7.99. The Balaban J connectivity index is 1.63. The van der Waals surface area contributed by atoms with Crippen molar-refractivity contribution in [1.29, 1.82) is 0 Å². The molecule has 0 saturated heterocycles. The minimum Gasteiger partial charge on any atom is -0.308 e. The monoisotopic (exact) mass is 356 g/mol. The van der Waals surface area contributed by atoms with Gasteiger partial charge in [-0.25, -0.2) is 0 Å². The second kappa shape index (κ2) is 7.16. The van der Waals surface area contributed by atoms with Crippen molar-refractivity contribution in [2.45, 2.75) is 26.9 Å². The van der Waals surface area contributed by atoms with Gasteiger partial charge in [-0.15, -0.1) is 11.3 Å². The van der Waals surface area contributed by atoms with Crippen LogP contribution >= 0.6 is 11.3 Å². The van der Waals surface area contributed by atoms with Crippen LogP contribution in [-0.4, -0.2) is 14.7 Å². The summed E-state index contributed by atoms with van der Waals surface area (Å²) in [6.07, 6.45) is 0. The molecule has 2 aromatic heterocycles. The number of aryl methyl sites for hydroxylation is 2. The van der Waals surface area contributed by atoms with E-state index >= 15 is 0 Å². The predicted molar refractivity (Wildman–Crippen MR) is 99.6 cm³/mol. The number of hydrogen-bond donors (Lipinski definition) is 1. The van der Waals surface area contributed by atoms with Crippen LogP contribution in [0.5, 0.6) is 0 Å². The molecule has 0 amide bonds. The summed E-state index contributed by atoms with van der Waals surface area (Å²) in [6.45, 7) is 5.68. The molecule has 0 unspecified atom stereocenters. The van der Waals surface area contributed by atoms with Crippen LogP contribution in [0, 0.1) is 24.0 Å². The summed E-state index contributed by atoms with van der Waals surface area (Å²) >= 11 is 1.70. The Morgan fingerprint density at radius 2 is 1.88 bits per heavy atom. The van der Waals surface area contributed by atoms with Crippen molar-refractivity contribution in [3.8, 4) is 10.4 Å². The fourth-order valence-electron chi connectivity index (χ4n) is 2.76. The number of rotatable bonds is 6. The second-order valence-electron chi connectivity index (χ2n) is 5.95. The third-order valence-electron chi connectivity index (χ3n) is 4.28. The molecule has 0 bridgehead atoms. The molecule has 0 saturated carbocycles. The van der Waals surface area contributed by atoms with Gasteiger partial charge in [0, 0.05) is 53.3 Å². The van der Waals surface area contributed by atoms with Crippen molar-refractivity contribution in [2.24, 2.45) is 7.05 Å². The average Bonchev–Trinajstić information content (AvgIpc) is 3.15. The molecule has 0 fully saturated rings. The number of non-ortho nitro benzene ring substituents is 1. The molecule has 0 atom stereocenters. The average molecular weight is 356 g/mol. The molecule has 7 heteroatoms. The third-order valence-corrected chi connectivity index (χ3v) is 5.42. The highest BCUT2D eigenvalue weighted by atomic mass is 32.1. The highest BCUT2D eigenvalue weighted by Gasteiger charge is 2.10. The standard InChI is InChI=1S/C18H20N4O2S/c1-12-17(13(2)21(3)20-12)11-19-10-16-8-9-18(25-16)14-4-6-15(7-5-14)22(23)24/h4-9,19H,10-11H2,1-3H3. The summed E-state index contributed by atoms with van der Waals surface area (Å²) in [7, 11) is 1.96. The minimum atomic E-state index is -0.379. The Hall–Kier alpha value is -2.51. The van der Waals surface area contributed by atoms with Gasteiger partial charge < -0.3 is 5.32 Å². The van der Waals surface area contributed by atoms with Crippen LogP contribution in [0.25, 0.3) is 10.4 Å². The molecule has 1 aromatic carbocycles. The zero-order valence-electron chi connectivity index (χ0n) is 14.4. The number of nitrogens with zero attached hydrogens (tertiary/aromatic N) is 3. The molecule has 0 aliphatic carbocycles. The first-order chi connectivity index (χ1) is 12.0. The van der Waals surface area contributed by atoms with E-state index in [9.17, 15) is 10.1 Å². The summed E-state index contributed by atoms with van der Waals surface area (Å²) in [5.74, 6) is 0. The number of nitrogens with one attached hydrogen (secondary N) is 1. The summed E-state index contributed by atoms with van der Waals surface area (Å²) < 4.78 is 1.91. The lowest BCUT2D eigenvalue weighted by Crippen LogP contribution is -2.13. The van der Waals surface area contributed by atoms with Gasteiger partial charge in [0.2, 0.25) is 0 Å². The minimum absolute atomic E-state index is 0.115. The van der Waals surface area contributed by atoms with E-state index in [1.54, 1.807) is 35.6 Å². The molecule has 3 rings (SSSR count). The maximum absolute atomic E-state index is 10.7. The van der Waals surface area contributed by atoms with E-state index in [1.807, 2.05) is 18.7 Å². The topological polar surface area (TPSA) is 73.0 Å². The van der Waals surface area contributed by atoms with E-state index in [0.29, 0.717) is 0 Å². The summed E-state index contributed by atoms with van der Waals surface area (Å²) in [6, 6.07) is 10.8. The molecule has 25 heavy (non-hydrogen) atoms. The van der Waals surface area contributed by atoms with E-state index in [2.05, 4.69) is 29.5 Å². The summed E-state index contributed by atoms with van der Waals surface area (Å²) in [5, 5.41) is 18.6. The first kappa shape index (κ1) is 17.3. The molecule has 0 aliphatic heterocycles. The second-order valence-corrected chi connectivity index (χ2v) is 7.11. The Labute approximate surface area is 150 Å². The zero-order valence-corrected chi connectivity index (χ0v) is 15.3. The lowest BCUT2D eigenvalue weighted by Gasteiger charge is -2.04. The normalized spacial score (nSPS) is 11.0. The number of nitro groups is 1. The number of aromatic nitrogens is 2. The maximum Gasteiger partial charge on any atom is 0.269 e. The molecule has 130 valence electrons. The van der Waals surface area contributed by atoms with Crippen LogP contribution in [-0.2, 0) is 20.1 Å². The Bertz CT molecular complexity index is 896. The predicted octanol–water partition coefficient (Wildman–Crippen LogP) is 3.96. The molecule has 0 aliphatic rings. The zero-order chi connectivity index (χ0) is 18.0. The van der Waals surface area contributed by atoms with Crippen molar-refractivity contribution in [3.63, 3.8) is 0 Å². The van der Waals surface area contributed by atoms with Gasteiger partial charge in [0.05, 0.1) is 10.6 Å². The van der Waals surface area contributed by atoms with Crippen molar-refractivity contribution in [1.82, 2.24) is 15.1 Å². The number of benzene rings is 1. The van der Waals surface area contributed by atoms with Gasteiger partial charge in [0.15, 0.2) is 0 Å². The maximum atomic E-state index is 10.7. The van der Waals surface area contributed by atoms with Crippen molar-refractivity contribution in [2.75, 3.05) is 0 Å². The fraction of sp³-hybridized carbons (Fsp3) is 0.278. The van der Waals surface area contributed by atoms with E-state index in [1.165, 1.54) is 16.1 Å². The highest BCUT2D eigenvalue weighted by Crippen LogP contribution is 2.29. The van der Waals surface area contributed by atoms with Crippen molar-refractivity contribution < 1.29 is 4.92 Å². The van der Waals surface area contributed by atoms with E-state index < -0.39 is 0 Å². The Morgan fingerprint density at radius 1 is 1.16 bits per heavy atom. The van der Waals surface area contributed by atoms with Crippen molar-refractivity contribution in [3.05, 3.63) is 68.3 Å². The third kappa shape index (κ3) is 3.78. The molecular weight excluding hydrogens is 336 g/mol. The van der Waals surface area contributed by atoms with Gasteiger partial charge >= 0.3 is 0 Å². The Morgan fingerprint density at radius 3 is 2.48 bits per heavy atom. The first-order valence-corrected chi connectivity index (χ1v) is 8.80. The van der Waals surface area contributed by atoms with Crippen LogP contribution in [0.4, 0.5) is 5.69 Å². The number of nitro benzene ring substituents is 1. The molecule has 1 N–H and O–H groups in total. The molecule has 0 radical (unpaired) electrons. The van der Waals surface area contributed by atoms with E-state index in [4.69, 9.17) is 0 Å². The van der Waals surface area contributed by atoms with Crippen molar-refractivity contribution >= 4 is 17.0 Å². The fourth-order valence-corrected chi connectivity index (χ4v) is 3.74. The summed E-state index contributed by atoms with van der Waals surface area (Å²) in [4.78, 5) is 12.7. The number of thiophene rings is 1. The SMILES string of the molecule is Cc1nn(C)c(C)c1CNCc1ccc(-c2ccc([N+](=O)[O-])cc2)s1. The lowest BCUT2D eigenvalue weighted by atomic mass is 10.2. The molecule has 2 heterocycles. The molecular formula is C18H20N4O2S. The largest absolute Gasteiger partial charge is 0.308 e.